The molecular formula is C9H19N3O. The van der Waals surface area contributed by atoms with E-state index >= 15 is 0 Å². The van der Waals surface area contributed by atoms with Gasteiger partial charge in [-0.05, 0) is 19.5 Å². The fraction of sp³-hybridized carbons (Fsp3) is 0.889. The molecule has 4 heteroatoms. The molecule has 1 fully saturated rings. The lowest BCUT2D eigenvalue weighted by molar-refractivity contribution is 0.211. The molecule has 1 unspecified atom stereocenters. The maximum absolute atomic E-state index is 5.54. The average molecular weight is 185 g/mol. The topological polar surface area (TPSA) is 50.8 Å². The van der Waals surface area contributed by atoms with Crippen LogP contribution in [0.2, 0.25) is 0 Å². The lowest BCUT2D eigenvalue weighted by Gasteiger charge is -2.10. The van der Waals surface area contributed by atoms with E-state index in [9.17, 15) is 0 Å². The molecule has 1 atom stereocenters. The van der Waals surface area contributed by atoms with Crippen LogP contribution >= 0.6 is 0 Å². The van der Waals surface area contributed by atoms with Gasteiger partial charge >= 0.3 is 0 Å². The highest BCUT2D eigenvalue weighted by molar-refractivity contribution is 5.90. The van der Waals surface area contributed by atoms with Gasteiger partial charge in [0.1, 0.15) is 7.11 Å². The van der Waals surface area contributed by atoms with E-state index < -0.39 is 0 Å². The molecule has 0 aliphatic carbocycles. The van der Waals surface area contributed by atoms with Crippen LogP contribution in [-0.4, -0.2) is 43.9 Å². The monoisotopic (exact) mass is 185 g/mol. The van der Waals surface area contributed by atoms with E-state index in [2.05, 4.69) is 17.0 Å². The summed E-state index contributed by atoms with van der Waals surface area (Å²) in [7, 11) is 1.60. The zero-order chi connectivity index (χ0) is 9.68. The van der Waals surface area contributed by atoms with Crippen molar-refractivity contribution in [1.29, 1.82) is 0 Å². The third kappa shape index (κ3) is 2.67. The highest BCUT2D eigenvalue weighted by Crippen LogP contribution is 2.16. The SMILES string of the molecule is CCN1C/C(=N\OC)C(CCN)C1. The quantitative estimate of drug-likeness (QED) is 0.640. The average Bonchev–Trinajstić information content (AvgIpc) is 2.50. The Bertz CT molecular complexity index is 182. The minimum atomic E-state index is 0.505. The van der Waals surface area contributed by atoms with Crippen molar-refractivity contribution >= 4 is 5.71 Å². The van der Waals surface area contributed by atoms with Gasteiger partial charge < -0.3 is 10.6 Å². The predicted molar refractivity (Wildman–Crippen MR) is 53.7 cm³/mol. The van der Waals surface area contributed by atoms with Gasteiger partial charge in [0.2, 0.25) is 0 Å². The second-order valence-electron chi connectivity index (χ2n) is 3.37. The third-order valence-corrected chi connectivity index (χ3v) is 2.51. The summed E-state index contributed by atoms with van der Waals surface area (Å²) in [4.78, 5) is 7.17. The summed E-state index contributed by atoms with van der Waals surface area (Å²) in [6.07, 6.45) is 1.01. The third-order valence-electron chi connectivity index (χ3n) is 2.51. The number of hydrogen-bond acceptors (Lipinski definition) is 4. The molecule has 1 saturated heterocycles. The van der Waals surface area contributed by atoms with Crippen molar-refractivity contribution in [2.24, 2.45) is 16.8 Å². The van der Waals surface area contributed by atoms with E-state index in [1.807, 2.05) is 0 Å². The second kappa shape index (κ2) is 5.19. The van der Waals surface area contributed by atoms with Gasteiger partial charge in [-0.2, -0.15) is 0 Å². The largest absolute Gasteiger partial charge is 0.399 e. The molecule has 0 saturated carbocycles. The van der Waals surface area contributed by atoms with Gasteiger partial charge in [-0.1, -0.05) is 12.1 Å². The van der Waals surface area contributed by atoms with Crippen LogP contribution in [0, 0.1) is 5.92 Å². The van der Waals surface area contributed by atoms with E-state index in [0.29, 0.717) is 5.92 Å². The Hall–Kier alpha value is -0.610. The van der Waals surface area contributed by atoms with Crippen LogP contribution in [0.5, 0.6) is 0 Å². The molecule has 0 radical (unpaired) electrons. The van der Waals surface area contributed by atoms with E-state index in [4.69, 9.17) is 10.6 Å². The molecule has 1 heterocycles. The molecule has 2 N–H and O–H groups in total. The van der Waals surface area contributed by atoms with Crippen LogP contribution in [0.1, 0.15) is 13.3 Å². The van der Waals surface area contributed by atoms with Crippen LogP contribution in [0.4, 0.5) is 0 Å². The van der Waals surface area contributed by atoms with Gasteiger partial charge in [0, 0.05) is 19.0 Å². The molecule has 1 aliphatic rings. The van der Waals surface area contributed by atoms with Crippen molar-refractivity contribution in [3.63, 3.8) is 0 Å². The normalized spacial score (nSPS) is 27.0. The lowest BCUT2D eigenvalue weighted by Crippen LogP contribution is -2.20. The van der Waals surface area contributed by atoms with E-state index in [1.165, 1.54) is 0 Å². The molecule has 0 spiro atoms. The first-order valence-corrected chi connectivity index (χ1v) is 4.84. The molecule has 0 aromatic rings. The van der Waals surface area contributed by atoms with Crippen molar-refractivity contribution in [1.82, 2.24) is 4.90 Å². The van der Waals surface area contributed by atoms with Crippen LogP contribution in [0.15, 0.2) is 5.16 Å². The molecule has 0 aromatic carbocycles. The summed E-state index contributed by atoms with van der Waals surface area (Å²) in [6, 6.07) is 0. The molecular weight excluding hydrogens is 166 g/mol. The molecule has 1 rings (SSSR count). The number of hydrogen-bond donors (Lipinski definition) is 1. The Kier molecular flexibility index (Phi) is 4.18. The zero-order valence-corrected chi connectivity index (χ0v) is 8.49. The Labute approximate surface area is 79.7 Å². The number of nitrogens with zero attached hydrogens (tertiary/aromatic N) is 2. The molecule has 4 nitrogen and oxygen atoms in total. The zero-order valence-electron chi connectivity index (χ0n) is 8.49. The summed E-state index contributed by atoms with van der Waals surface area (Å²) in [5.41, 5.74) is 6.69. The Morgan fingerprint density at radius 2 is 2.46 bits per heavy atom. The number of likely N-dealkylation sites (tertiary alicyclic amines) is 1. The smallest absolute Gasteiger partial charge is 0.106 e. The van der Waals surface area contributed by atoms with Crippen molar-refractivity contribution < 1.29 is 4.84 Å². The van der Waals surface area contributed by atoms with Gasteiger partial charge in [-0.25, -0.2) is 0 Å². The second-order valence-corrected chi connectivity index (χ2v) is 3.37. The summed E-state index contributed by atoms with van der Waals surface area (Å²) >= 11 is 0. The minimum Gasteiger partial charge on any atom is -0.399 e. The number of oxime groups is 1. The minimum absolute atomic E-state index is 0.505. The molecule has 13 heavy (non-hydrogen) atoms. The lowest BCUT2D eigenvalue weighted by atomic mass is 10.0. The summed E-state index contributed by atoms with van der Waals surface area (Å²) in [6.45, 7) is 5.98. The van der Waals surface area contributed by atoms with Crippen LogP contribution < -0.4 is 5.73 Å². The van der Waals surface area contributed by atoms with E-state index in [0.717, 1.165) is 38.3 Å². The highest BCUT2D eigenvalue weighted by Gasteiger charge is 2.27. The fourth-order valence-electron chi connectivity index (χ4n) is 1.76. The van der Waals surface area contributed by atoms with Gasteiger partial charge in [0.25, 0.3) is 0 Å². The van der Waals surface area contributed by atoms with Crippen LogP contribution in [0.3, 0.4) is 0 Å². The summed E-state index contributed by atoms with van der Waals surface area (Å²) < 4.78 is 0. The first kappa shape index (κ1) is 10.5. The summed E-state index contributed by atoms with van der Waals surface area (Å²) in [5.74, 6) is 0.505. The van der Waals surface area contributed by atoms with Crippen LogP contribution in [0.25, 0.3) is 0 Å². The molecule has 0 amide bonds. The Morgan fingerprint density at radius 1 is 1.69 bits per heavy atom. The first-order chi connectivity index (χ1) is 6.31. The van der Waals surface area contributed by atoms with Crippen molar-refractivity contribution in [2.75, 3.05) is 33.3 Å². The van der Waals surface area contributed by atoms with Crippen LogP contribution in [-0.2, 0) is 4.84 Å². The van der Waals surface area contributed by atoms with E-state index in [1.54, 1.807) is 7.11 Å². The standard InChI is InChI=1S/C9H19N3O/c1-3-12-6-8(4-5-10)9(7-12)11-13-2/h8H,3-7,10H2,1-2H3/b11-9+. The van der Waals surface area contributed by atoms with Gasteiger partial charge in [-0.15, -0.1) is 0 Å². The molecule has 76 valence electrons. The molecule has 0 aromatic heterocycles. The number of nitrogens with two attached hydrogens (primary N) is 1. The number of rotatable bonds is 4. The fourth-order valence-corrected chi connectivity index (χ4v) is 1.76. The highest BCUT2D eigenvalue weighted by atomic mass is 16.6. The molecule has 1 aliphatic heterocycles. The summed E-state index contributed by atoms with van der Waals surface area (Å²) in [5, 5.41) is 4.04. The predicted octanol–water partition coefficient (Wildman–Crippen LogP) is 0.289. The Balaban J connectivity index is 2.54. The van der Waals surface area contributed by atoms with Gasteiger partial charge in [0.05, 0.1) is 5.71 Å². The Morgan fingerprint density at radius 3 is 3.00 bits per heavy atom. The maximum Gasteiger partial charge on any atom is 0.106 e. The van der Waals surface area contributed by atoms with Crippen molar-refractivity contribution in [2.45, 2.75) is 13.3 Å². The van der Waals surface area contributed by atoms with Gasteiger partial charge in [-0.3, -0.25) is 4.90 Å². The molecule has 0 bridgehead atoms. The first-order valence-electron chi connectivity index (χ1n) is 4.84. The van der Waals surface area contributed by atoms with Crippen molar-refractivity contribution in [3.8, 4) is 0 Å². The maximum atomic E-state index is 5.54. The van der Waals surface area contributed by atoms with Crippen molar-refractivity contribution in [3.05, 3.63) is 0 Å². The van der Waals surface area contributed by atoms with E-state index in [-0.39, 0.29) is 0 Å². The van der Waals surface area contributed by atoms with Gasteiger partial charge in [0.15, 0.2) is 0 Å².